The predicted octanol–water partition coefficient (Wildman–Crippen LogP) is 5.25. The van der Waals surface area contributed by atoms with Crippen LogP contribution >= 0.6 is 22.9 Å². The number of rotatable bonds is 9. The maximum Gasteiger partial charge on any atom is 0.308 e. The van der Waals surface area contributed by atoms with Gasteiger partial charge in [0.2, 0.25) is 10.0 Å². The van der Waals surface area contributed by atoms with Crippen molar-refractivity contribution in [1.29, 1.82) is 0 Å². The Kier molecular flexibility index (Phi) is 7.42. The molecule has 0 unspecified atom stereocenters. The lowest BCUT2D eigenvalue weighted by atomic mass is 10.0. The van der Waals surface area contributed by atoms with Gasteiger partial charge in [-0.25, -0.2) is 13.1 Å². The van der Waals surface area contributed by atoms with Crippen LogP contribution in [0.25, 0.3) is 10.2 Å². The lowest BCUT2D eigenvalue weighted by molar-refractivity contribution is 0.318. The number of benzene rings is 3. The van der Waals surface area contributed by atoms with Crippen molar-refractivity contribution in [2.75, 3.05) is 13.2 Å². The quantitative estimate of drug-likeness (QED) is 0.308. The molecule has 9 heteroatoms. The van der Waals surface area contributed by atoms with Crippen LogP contribution in [0.4, 0.5) is 0 Å². The molecule has 0 fully saturated rings. The number of fused-ring (bicyclic) bond motifs is 1. The van der Waals surface area contributed by atoms with Gasteiger partial charge in [-0.05, 0) is 53.4 Å². The molecule has 0 saturated heterocycles. The van der Waals surface area contributed by atoms with E-state index >= 15 is 0 Å². The van der Waals surface area contributed by atoms with E-state index in [1.54, 1.807) is 22.8 Å². The lowest BCUT2D eigenvalue weighted by Crippen LogP contribution is -2.28. The van der Waals surface area contributed by atoms with E-state index in [2.05, 4.69) is 18.6 Å². The first-order chi connectivity index (χ1) is 16.2. The molecule has 0 aliphatic rings. The summed E-state index contributed by atoms with van der Waals surface area (Å²) < 4.78 is 36.3. The molecular formula is C25H25ClN2O4S2. The van der Waals surface area contributed by atoms with Crippen LogP contribution in [0.3, 0.4) is 0 Å². The summed E-state index contributed by atoms with van der Waals surface area (Å²) in [4.78, 5) is 12.5. The Bertz CT molecular complexity index is 1460. The Balaban J connectivity index is 1.45. The summed E-state index contributed by atoms with van der Waals surface area (Å²) in [5.41, 5.74) is 2.70. The Morgan fingerprint density at radius 3 is 2.53 bits per heavy atom. The number of hydrogen-bond acceptors (Lipinski definition) is 5. The first-order valence-electron chi connectivity index (χ1n) is 10.8. The van der Waals surface area contributed by atoms with Crippen LogP contribution in [0.1, 0.15) is 30.9 Å². The molecule has 34 heavy (non-hydrogen) atoms. The van der Waals surface area contributed by atoms with E-state index in [9.17, 15) is 13.2 Å². The van der Waals surface area contributed by atoms with Gasteiger partial charge < -0.3 is 4.74 Å². The van der Waals surface area contributed by atoms with Gasteiger partial charge in [-0.3, -0.25) is 9.36 Å². The van der Waals surface area contributed by atoms with Crippen molar-refractivity contribution < 1.29 is 13.2 Å². The molecule has 0 amide bonds. The first kappa shape index (κ1) is 24.5. The number of nitrogens with one attached hydrogen (secondary N) is 1. The minimum absolute atomic E-state index is 0.113. The van der Waals surface area contributed by atoms with Crippen molar-refractivity contribution in [3.05, 3.63) is 92.5 Å². The third kappa shape index (κ3) is 5.52. The second-order valence-electron chi connectivity index (χ2n) is 8.15. The van der Waals surface area contributed by atoms with Crippen molar-refractivity contribution in [3.63, 3.8) is 0 Å². The van der Waals surface area contributed by atoms with Gasteiger partial charge in [0.05, 0.1) is 21.7 Å². The zero-order valence-electron chi connectivity index (χ0n) is 18.8. The van der Waals surface area contributed by atoms with Gasteiger partial charge in [0.25, 0.3) is 0 Å². The number of thiazole rings is 1. The van der Waals surface area contributed by atoms with Gasteiger partial charge >= 0.3 is 4.87 Å². The lowest BCUT2D eigenvalue weighted by Gasteiger charge is -2.14. The van der Waals surface area contributed by atoms with Gasteiger partial charge in [-0.2, -0.15) is 0 Å². The molecule has 0 bridgehead atoms. The third-order valence-corrected chi connectivity index (χ3v) is 8.05. The van der Waals surface area contributed by atoms with Crippen molar-refractivity contribution in [1.82, 2.24) is 9.29 Å². The van der Waals surface area contributed by atoms with Gasteiger partial charge in [0.15, 0.2) is 0 Å². The molecule has 6 nitrogen and oxygen atoms in total. The SMILES string of the molecule is CC(C)c1ccccc1OCCNS(=O)(=O)c1ccc2c(c1)sc(=O)n2Cc1ccc(Cl)cc1. The molecule has 1 aromatic heterocycles. The molecule has 0 spiro atoms. The van der Waals surface area contributed by atoms with Gasteiger partial charge in [-0.1, -0.05) is 67.1 Å². The molecule has 1 heterocycles. The van der Waals surface area contributed by atoms with Crippen molar-refractivity contribution in [3.8, 4) is 5.75 Å². The van der Waals surface area contributed by atoms with E-state index in [0.717, 1.165) is 28.2 Å². The van der Waals surface area contributed by atoms with Crippen LogP contribution < -0.4 is 14.3 Å². The average molecular weight is 517 g/mol. The molecule has 0 aliphatic heterocycles. The van der Waals surface area contributed by atoms with Crippen LogP contribution in [0.15, 0.2) is 76.4 Å². The number of aromatic nitrogens is 1. The number of halogens is 1. The highest BCUT2D eigenvalue weighted by Gasteiger charge is 2.17. The van der Waals surface area contributed by atoms with E-state index in [1.165, 1.54) is 12.1 Å². The molecular weight excluding hydrogens is 492 g/mol. The second-order valence-corrected chi connectivity index (χ2v) is 11.3. The smallest absolute Gasteiger partial charge is 0.308 e. The molecule has 0 aliphatic carbocycles. The summed E-state index contributed by atoms with van der Waals surface area (Å²) in [7, 11) is -3.75. The topological polar surface area (TPSA) is 77.4 Å². The van der Waals surface area contributed by atoms with E-state index in [0.29, 0.717) is 27.7 Å². The second kappa shape index (κ2) is 10.3. The van der Waals surface area contributed by atoms with Crippen molar-refractivity contribution >= 4 is 43.2 Å². The molecule has 0 radical (unpaired) electrons. The maximum absolute atomic E-state index is 12.8. The van der Waals surface area contributed by atoms with Crippen LogP contribution in [-0.4, -0.2) is 26.1 Å². The van der Waals surface area contributed by atoms with Crippen LogP contribution in [0, 0.1) is 0 Å². The van der Waals surface area contributed by atoms with Crippen molar-refractivity contribution in [2.45, 2.75) is 31.2 Å². The summed E-state index contributed by atoms with van der Waals surface area (Å²) in [5.74, 6) is 1.06. The van der Waals surface area contributed by atoms with Crippen molar-refractivity contribution in [2.24, 2.45) is 0 Å². The predicted molar refractivity (Wildman–Crippen MR) is 138 cm³/mol. The fourth-order valence-electron chi connectivity index (χ4n) is 3.65. The highest BCUT2D eigenvalue weighted by atomic mass is 35.5. The van der Waals surface area contributed by atoms with E-state index < -0.39 is 10.0 Å². The highest BCUT2D eigenvalue weighted by Crippen LogP contribution is 2.26. The fraction of sp³-hybridized carbons (Fsp3) is 0.240. The maximum atomic E-state index is 12.8. The molecule has 4 aromatic rings. The third-order valence-electron chi connectivity index (χ3n) is 5.40. The Morgan fingerprint density at radius 2 is 1.79 bits per heavy atom. The van der Waals surface area contributed by atoms with Crippen LogP contribution in [-0.2, 0) is 16.6 Å². The summed E-state index contributed by atoms with van der Waals surface area (Å²) in [5, 5.41) is 0.628. The molecule has 1 N–H and O–H groups in total. The minimum Gasteiger partial charge on any atom is -0.492 e. The molecule has 178 valence electrons. The highest BCUT2D eigenvalue weighted by molar-refractivity contribution is 7.89. The van der Waals surface area contributed by atoms with E-state index in [4.69, 9.17) is 16.3 Å². The number of para-hydroxylation sites is 1. The zero-order valence-corrected chi connectivity index (χ0v) is 21.2. The standard InChI is InChI=1S/C25H25ClN2O4S2/c1-17(2)21-5-3-4-6-23(21)32-14-13-27-34(30,31)20-11-12-22-24(15-20)33-25(29)28(22)16-18-7-9-19(26)10-8-18/h3-12,15,17,27H,13-14,16H2,1-2H3. The van der Waals surface area contributed by atoms with Crippen LogP contribution in [0.5, 0.6) is 5.75 Å². The van der Waals surface area contributed by atoms with E-state index in [1.807, 2.05) is 36.4 Å². The minimum atomic E-state index is -3.75. The monoisotopic (exact) mass is 516 g/mol. The van der Waals surface area contributed by atoms with Gasteiger partial charge in [-0.15, -0.1) is 0 Å². The Labute approximate surface area is 207 Å². The number of ether oxygens (including phenoxy) is 1. The first-order valence-corrected chi connectivity index (χ1v) is 13.5. The summed E-state index contributed by atoms with van der Waals surface area (Å²) in [6.07, 6.45) is 0. The summed E-state index contributed by atoms with van der Waals surface area (Å²) in [6.45, 7) is 4.88. The molecule has 0 saturated carbocycles. The molecule has 3 aromatic carbocycles. The van der Waals surface area contributed by atoms with Crippen LogP contribution in [0.2, 0.25) is 5.02 Å². The largest absolute Gasteiger partial charge is 0.492 e. The Morgan fingerprint density at radius 1 is 1.06 bits per heavy atom. The molecule has 0 atom stereocenters. The van der Waals surface area contributed by atoms with Gasteiger partial charge in [0, 0.05) is 11.6 Å². The number of sulfonamides is 1. The number of nitrogens with zero attached hydrogens (tertiary/aromatic N) is 1. The van der Waals surface area contributed by atoms with E-state index in [-0.39, 0.29) is 22.9 Å². The molecule has 4 rings (SSSR count). The summed E-state index contributed by atoms with van der Waals surface area (Å²) in [6, 6.07) is 19.7. The van der Waals surface area contributed by atoms with Gasteiger partial charge in [0.1, 0.15) is 12.4 Å². The summed E-state index contributed by atoms with van der Waals surface area (Å²) >= 11 is 6.96. The fourth-order valence-corrected chi connectivity index (χ4v) is 5.81. The Hall–Kier alpha value is -2.65. The number of hydrogen-bond donors (Lipinski definition) is 1. The zero-order chi connectivity index (χ0) is 24.3. The normalized spacial score (nSPS) is 11.9. The average Bonchev–Trinajstić information content (AvgIpc) is 3.12.